The van der Waals surface area contributed by atoms with E-state index in [4.69, 9.17) is 5.11 Å². The van der Waals surface area contributed by atoms with E-state index in [1.165, 1.54) is 0 Å². The van der Waals surface area contributed by atoms with Crippen molar-refractivity contribution < 1.29 is 14.7 Å². The number of benzene rings is 1. The summed E-state index contributed by atoms with van der Waals surface area (Å²) in [4.78, 5) is 23.1. The van der Waals surface area contributed by atoms with Crippen molar-refractivity contribution in [1.82, 2.24) is 10.6 Å². The van der Waals surface area contributed by atoms with Gasteiger partial charge < -0.3 is 21.1 Å². The van der Waals surface area contributed by atoms with E-state index in [2.05, 4.69) is 16.0 Å². The van der Waals surface area contributed by atoms with Gasteiger partial charge in [0.15, 0.2) is 0 Å². The third kappa shape index (κ3) is 5.43. The minimum Gasteiger partial charge on any atom is -0.480 e. The molecule has 0 aliphatic carbocycles. The Morgan fingerprint density at radius 3 is 2.62 bits per heavy atom. The molecule has 6 nitrogen and oxygen atoms in total. The maximum absolute atomic E-state index is 11.9. The van der Waals surface area contributed by atoms with Gasteiger partial charge in [0.05, 0.1) is 0 Å². The summed E-state index contributed by atoms with van der Waals surface area (Å²) in [5.74, 6) is -1.16. The Hall–Kier alpha value is -2.08. The lowest BCUT2D eigenvalue weighted by Crippen LogP contribution is -2.46. The van der Waals surface area contributed by atoms with Gasteiger partial charge in [0.2, 0.25) is 0 Å². The molecule has 0 saturated heterocycles. The van der Waals surface area contributed by atoms with E-state index in [0.29, 0.717) is 18.7 Å². The lowest BCUT2D eigenvalue weighted by Gasteiger charge is -2.20. The molecule has 2 atom stereocenters. The molecule has 0 fully saturated rings. The summed E-state index contributed by atoms with van der Waals surface area (Å²) >= 11 is 0. The van der Waals surface area contributed by atoms with Gasteiger partial charge in [0.1, 0.15) is 6.04 Å². The molecule has 1 aromatic carbocycles. The average Bonchev–Trinajstić information content (AvgIpc) is 2.44. The first-order valence-electron chi connectivity index (χ1n) is 7.01. The van der Waals surface area contributed by atoms with Crippen molar-refractivity contribution in [2.75, 3.05) is 12.4 Å². The Morgan fingerprint density at radius 1 is 1.33 bits per heavy atom. The molecule has 0 aliphatic heterocycles. The second-order valence-corrected chi connectivity index (χ2v) is 5.03. The largest absolute Gasteiger partial charge is 0.480 e. The van der Waals surface area contributed by atoms with Gasteiger partial charge in [-0.1, -0.05) is 32.4 Å². The Balaban J connectivity index is 2.67. The minimum atomic E-state index is -1.02. The van der Waals surface area contributed by atoms with Crippen molar-refractivity contribution in [2.45, 2.75) is 32.9 Å². The van der Waals surface area contributed by atoms with E-state index in [9.17, 15) is 9.59 Å². The van der Waals surface area contributed by atoms with Crippen molar-refractivity contribution >= 4 is 17.7 Å². The zero-order valence-electron chi connectivity index (χ0n) is 12.6. The monoisotopic (exact) mass is 293 g/mol. The summed E-state index contributed by atoms with van der Waals surface area (Å²) in [7, 11) is 1.84. The lowest BCUT2D eigenvalue weighted by atomic mass is 9.99. The Kier molecular flexibility index (Phi) is 6.68. The Bertz CT molecular complexity index is 491. The quantitative estimate of drug-likeness (QED) is 0.619. The van der Waals surface area contributed by atoms with Gasteiger partial charge in [-0.05, 0) is 30.7 Å². The predicted octanol–water partition coefficient (Wildman–Crippen LogP) is 2.03. The van der Waals surface area contributed by atoms with Gasteiger partial charge in [0.25, 0.3) is 0 Å². The fourth-order valence-electron chi connectivity index (χ4n) is 1.95. The predicted molar refractivity (Wildman–Crippen MR) is 82.2 cm³/mol. The number of carboxylic acid groups (broad SMARTS) is 1. The van der Waals surface area contributed by atoms with Crippen LogP contribution in [0.1, 0.15) is 25.8 Å². The average molecular weight is 293 g/mol. The van der Waals surface area contributed by atoms with E-state index in [1.807, 2.05) is 32.2 Å². The van der Waals surface area contributed by atoms with E-state index < -0.39 is 18.0 Å². The van der Waals surface area contributed by atoms with Crippen LogP contribution in [0.3, 0.4) is 0 Å². The van der Waals surface area contributed by atoms with Gasteiger partial charge in [-0.3, -0.25) is 0 Å². The zero-order valence-corrected chi connectivity index (χ0v) is 12.6. The highest BCUT2D eigenvalue weighted by atomic mass is 16.4. The molecule has 21 heavy (non-hydrogen) atoms. The smallest absolute Gasteiger partial charge is 0.326 e. The topological polar surface area (TPSA) is 90.5 Å². The number of rotatable bonds is 7. The van der Waals surface area contributed by atoms with Crippen LogP contribution < -0.4 is 16.0 Å². The van der Waals surface area contributed by atoms with Crippen LogP contribution in [0.2, 0.25) is 0 Å². The van der Waals surface area contributed by atoms with Crippen molar-refractivity contribution in [2.24, 2.45) is 5.92 Å². The first-order chi connectivity index (χ1) is 9.97. The highest BCUT2D eigenvalue weighted by molar-refractivity contribution is 5.92. The fourth-order valence-corrected chi connectivity index (χ4v) is 1.95. The molecule has 0 saturated carbocycles. The summed E-state index contributed by atoms with van der Waals surface area (Å²) in [6, 6.07) is 5.98. The molecule has 4 N–H and O–H groups in total. The summed E-state index contributed by atoms with van der Waals surface area (Å²) in [5.41, 5.74) is 1.67. The van der Waals surface area contributed by atoms with Gasteiger partial charge in [0, 0.05) is 12.2 Å². The summed E-state index contributed by atoms with van der Waals surface area (Å²) in [6.45, 7) is 4.38. The third-order valence-corrected chi connectivity index (χ3v) is 3.33. The molecule has 1 rings (SSSR count). The Labute approximate surface area is 124 Å². The molecule has 0 aliphatic rings. The highest BCUT2D eigenvalue weighted by Gasteiger charge is 2.25. The van der Waals surface area contributed by atoms with Gasteiger partial charge in [-0.2, -0.15) is 0 Å². The number of carboxylic acids is 1. The number of urea groups is 1. The number of hydrogen-bond acceptors (Lipinski definition) is 3. The molecule has 2 amide bonds. The van der Waals surface area contributed by atoms with Crippen LogP contribution in [0, 0.1) is 5.92 Å². The number of carbonyl (C=O) groups excluding carboxylic acids is 1. The third-order valence-electron chi connectivity index (χ3n) is 3.33. The van der Waals surface area contributed by atoms with Gasteiger partial charge in [-0.25, -0.2) is 9.59 Å². The van der Waals surface area contributed by atoms with E-state index in [1.54, 1.807) is 13.0 Å². The molecule has 0 radical (unpaired) electrons. The number of carbonyl (C=O) groups is 2. The molecular weight excluding hydrogens is 270 g/mol. The number of aliphatic carboxylic acids is 1. The number of nitrogens with one attached hydrogen (secondary N) is 3. The van der Waals surface area contributed by atoms with Crippen molar-refractivity contribution in [1.29, 1.82) is 0 Å². The van der Waals surface area contributed by atoms with Crippen molar-refractivity contribution in [3.05, 3.63) is 29.8 Å². The molecule has 0 bridgehead atoms. The summed E-state index contributed by atoms with van der Waals surface area (Å²) < 4.78 is 0. The molecular formula is C15H23N3O3. The normalized spacial score (nSPS) is 13.3. The van der Waals surface area contributed by atoms with E-state index in [-0.39, 0.29) is 5.92 Å². The standard InChI is InChI=1S/C15H23N3O3/c1-4-10(2)13(14(19)20)18-15(21)17-12-7-5-6-11(8-12)9-16-3/h5-8,10,13,16H,4,9H2,1-3H3,(H,19,20)(H2,17,18,21). The van der Waals surface area contributed by atoms with Crippen LogP contribution in [0.5, 0.6) is 0 Å². The maximum Gasteiger partial charge on any atom is 0.326 e. The van der Waals surface area contributed by atoms with Crippen LogP contribution in [0.15, 0.2) is 24.3 Å². The second-order valence-electron chi connectivity index (χ2n) is 5.03. The Morgan fingerprint density at radius 2 is 2.05 bits per heavy atom. The number of amides is 2. The second kappa shape index (κ2) is 8.26. The maximum atomic E-state index is 11.9. The molecule has 0 heterocycles. The highest BCUT2D eigenvalue weighted by Crippen LogP contribution is 2.12. The lowest BCUT2D eigenvalue weighted by molar-refractivity contribution is -0.140. The van der Waals surface area contributed by atoms with Crippen LogP contribution >= 0.6 is 0 Å². The molecule has 6 heteroatoms. The number of anilines is 1. The van der Waals surface area contributed by atoms with Crippen molar-refractivity contribution in [3.8, 4) is 0 Å². The number of hydrogen-bond donors (Lipinski definition) is 4. The van der Waals surface area contributed by atoms with E-state index >= 15 is 0 Å². The first kappa shape index (κ1) is 17.0. The van der Waals surface area contributed by atoms with Crippen LogP contribution in [-0.4, -0.2) is 30.2 Å². The first-order valence-corrected chi connectivity index (χ1v) is 7.01. The molecule has 2 unspecified atom stereocenters. The van der Waals surface area contributed by atoms with Crippen LogP contribution in [0.25, 0.3) is 0 Å². The van der Waals surface area contributed by atoms with Gasteiger partial charge >= 0.3 is 12.0 Å². The SMILES string of the molecule is CCC(C)C(NC(=O)Nc1cccc(CNC)c1)C(=O)O. The van der Waals surface area contributed by atoms with Gasteiger partial charge in [-0.15, -0.1) is 0 Å². The molecule has 1 aromatic rings. The molecule has 0 aromatic heterocycles. The van der Waals surface area contributed by atoms with E-state index in [0.717, 1.165) is 5.56 Å². The van der Waals surface area contributed by atoms with Crippen LogP contribution in [-0.2, 0) is 11.3 Å². The molecule has 116 valence electrons. The fraction of sp³-hybridized carbons (Fsp3) is 0.467. The summed E-state index contributed by atoms with van der Waals surface area (Å²) in [6.07, 6.45) is 0.675. The van der Waals surface area contributed by atoms with Crippen LogP contribution in [0.4, 0.5) is 10.5 Å². The minimum absolute atomic E-state index is 0.135. The molecule has 0 spiro atoms. The summed E-state index contributed by atoms with van der Waals surface area (Å²) in [5, 5.41) is 17.3. The zero-order chi connectivity index (χ0) is 15.8. The van der Waals surface area contributed by atoms with Crippen molar-refractivity contribution in [3.63, 3.8) is 0 Å².